The van der Waals surface area contributed by atoms with Gasteiger partial charge in [0.2, 0.25) is 5.91 Å². The van der Waals surface area contributed by atoms with E-state index in [0.29, 0.717) is 6.42 Å². The van der Waals surface area contributed by atoms with Crippen molar-refractivity contribution in [2.75, 3.05) is 18.8 Å². The molecule has 1 aromatic carbocycles. The van der Waals surface area contributed by atoms with Crippen molar-refractivity contribution in [1.82, 2.24) is 5.32 Å². The van der Waals surface area contributed by atoms with Gasteiger partial charge >= 0.3 is 0 Å². The lowest BCUT2D eigenvalue weighted by Crippen LogP contribution is -2.41. The third-order valence-electron chi connectivity index (χ3n) is 2.47. The van der Waals surface area contributed by atoms with Gasteiger partial charge in [0.25, 0.3) is 5.92 Å². The summed E-state index contributed by atoms with van der Waals surface area (Å²) in [6, 6.07) is 7.86. The molecule has 0 saturated carbocycles. The van der Waals surface area contributed by atoms with Gasteiger partial charge in [-0.3, -0.25) is 4.79 Å². The number of hydrogen-bond acceptors (Lipinski definition) is 3. The molecule has 0 aliphatic carbocycles. The van der Waals surface area contributed by atoms with Gasteiger partial charge < -0.3 is 11.1 Å². The molecule has 0 aliphatic heterocycles. The number of thioether (sulfide) groups is 1. The molecule has 7 heteroatoms. The van der Waals surface area contributed by atoms with E-state index in [1.807, 2.05) is 24.3 Å². The molecule has 0 aliphatic rings. The number of carbonyl (C=O) groups is 1. The second-order valence-electron chi connectivity index (χ2n) is 4.24. The van der Waals surface area contributed by atoms with Crippen LogP contribution in [0.4, 0.5) is 8.78 Å². The van der Waals surface area contributed by atoms with E-state index in [4.69, 9.17) is 5.73 Å². The van der Waals surface area contributed by atoms with Crippen LogP contribution in [0.3, 0.4) is 0 Å². The van der Waals surface area contributed by atoms with Crippen molar-refractivity contribution in [3.8, 4) is 0 Å². The molecule has 112 valence electrons. The maximum atomic E-state index is 12.8. The van der Waals surface area contributed by atoms with E-state index >= 15 is 0 Å². The van der Waals surface area contributed by atoms with Crippen molar-refractivity contribution >= 4 is 33.6 Å². The number of nitrogens with two attached hydrogens (primary N) is 1. The molecule has 0 radical (unpaired) electrons. The summed E-state index contributed by atoms with van der Waals surface area (Å²) in [5, 5.41) is 2.20. The summed E-state index contributed by atoms with van der Waals surface area (Å²) < 4.78 is 26.6. The Morgan fingerprint density at radius 3 is 2.60 bits per heavy atom. The topological polar surface area (TPSA) is 55.1 Å². The minimum Gasteiger partial charge on any atom is -0.350 e. The molecule has 20 heavy (non-hydrogen) atoms. The quantitative estimate of drug-likeness (QED) is 0.549. The van der Waals surface area contributed by atoms with Gasteiger partial charge in [0.05, 0.1) is 13.1 Å². The molecule has 3 nitrogen and oxygen atoms in total. The van der Waals surface area contributed by atoms with Crippen molar-refractivity contribution in [2.45, 2.75) is 23.7 Å². The predicted molar refractivity (Wildman–Crippen MR) is 81.1 cm³/mol. The van der Waals surface area contributed by atoms with Gasteiger partial charge in [-0.05, 0) is 36.4 Å². The molecular formula is C13H17BrF2N2OS. The molecular weight excluding hydrogens is 350 g/mol. The van der Waals surface area contributed by atoms with Gasteiger partial charge in [-0.25, -0.2) is 8.78 Å². The molecule has 1 amide bonds. The van der Waals surface area contributed by atoms with E-state index in [9.17, 15) is 13.6 Å². The number of halogens is 3. The smallest absolute Gasteiger partial charge is 0.277 e. The molecule has 1 rings (SSSR count). The fourth-order valence-electron chi connectivity index (χ4n) is 1.34. The number of rotatable bonds is 8. The largest absolute Gasteiger partial charge is 0.350 e. The third-order valence-corrected chi connectivity index (χ3v) is 4.10. The Labute approximate surface area is 129 Å². The van der Waals surface area contributed by atoms with Crippen LogP contribution < -0.4 is 11.1 Å². The van der Waals surface area contributed by atoms with Gasteiger partial charge in [0.1, 0.15) is 0 Å². The standard InChI is InChI=1S/C13H17BrF2N2OS/c14-10-3-5-11(6-4-10)20-7-1-2-12(19)18-9-13(15,16)8-17/h3-6H,1-2,7-9,17H2,(H,18,19). The molecule has 1 aromatic rings. The first-order valence-corrected chi connectivity index (χ1v) is 7.94. The zero-order valence-electron chi connectivity index (χ0n) is 10.9. The first kappa shape index (κ1) is 17.4. The fourth-order valence-corrected chi connectivity index (χ4v) is 2.46. The Morgan fingerprint density at radius 1 is 1.35 bits per heavy atom. The summed E-state index contributed by atoms with van der Waals surface area (Å²) in [5.74, 6) is -2.63. The van der Waals surface area contributed by atoms with Gasteiger partial charge in [0, 0.05) is 15.8 Å². The highest BCUT2D eigenvalue weighted by atomic mass is 79.9. The minimum absolute atomic E-state index is 0.240. The SMILES string of the molecule is NCC(F)(F)CNC(=O)CCCSc1ccc(Br)cc1. The van der Waals surface area contributed by atoms with Gasteiger partial charge in [-0.2, -0.15) is 0 Å². The monoisotopic (exact) mass is 366 g/mol. The summed E-state index contributed by atoms with van der Waals surface area (Å²) in [7, 11) is 0. The lowest BCUT2D eigenvalue weighted by atomic mass is 10.3. The minimum atomic E-state index is -3.03. The van der Waals surface area contributed by atoms with Crippen molar-refractivity contribution < 1.29 is 13.6 Å². The van der Waals surface area contributed by atoms with Crippen LogP contribution in [-0.4, -0.2) is 30.7 Å². The van der Waals surface area contributed by atoms with Crippen LogP contribution in [0.1, 0.15) is 12.8 Å². The first-order valence-electron chi connectivity index (χ1n) is 6.16. The summed E-state index contributed by atoms with van der Waals surface area (Å²) >= 11 is 4.98. The van der Waals surface area contributed by atoms with Crippen molar-refractivity contribution in [3.63, 3.8) is 0 Å². The Morgan fingerprint density at radius 2 is 2.00 bits per heavy atom. The summed E-state index contributed by atoms with van der Waals surface area (Å²) in [5.41, 5.74) is 4.88. The van der Waals surface area contributed by atoms with Crippen LogP contribution in [0.2, 0.25) is 0 Å². The number of alkyl halides is 2. The lowest BCUT2D eigenvalue weighted by molar-refractivity contribution is -0.122. The molecule has 0 spiro atoms. The highest BCUT2D eigenvalue weighted by Gasteiger charge is 2.26. The van der Waals surface area contributed by atoms with Gasteiger partial charge in [-0.15, -0.1) is 11.8 Å². The average molecular weight is 367 g/mol. The molecule has 0 fully saturated rings. The van der Waals surface area contributed by atoms with Crippen LogP contribution >= 0.6 is 27.7 Å². The Bertz CT molecular complexity index is 429. The van der Waals surface area contributed by atoms with Crippen LogP contribution in [0.5, 0.6) is 0 Å². The Kier molecular flexibility index (Phi) is 7.47. The van der Waals surface area contributed by atoms with Crippen LogP contribution in [0, 0.1) is 0 Å². The van der Waals surface area contributed by atoms with Crippen molar-refractivity contribution in [2.24, 2.45) is 5.73 Å². The van der Waals surface area contributed by atoms with E-state index < -0.39 is 19.0 Å². The molecule has 3 N–H and O–H groups in total. The predicted octanol–water partition coefficient (Wildman–Crippen LogP) is 3.03. The van der Waals surface area contributed by atoms with E-state index in [1.165, 1.54) is 0 Å². The lowest BCUT2D eigenvalue weighted by Gasteiger charge is -2.14. The Hall–Kier alpha value is -0.660. The maximum Gasteiger partial charge on any atom is 0.277 e. The number of nitrogens with one attached hydrogen (secondary N) is 1. The second kappa shape index (κ2) is 8.59. The third kappa shape index (κ3) is 7.21. The van der Waals surface area contributed by atoms with E-state index in [0.717, 1.165) is 15.1 Å². The summed E-state index contributed by atoms with van der Waals surface area (Å²) in [4.78, 5) is 12.5. The highest BCUT2D eigenvalue weighted by molar-refractivity contribution is 9.10. The van der Waals surface area contributed by atoms with Crippen LogP contribution in [0.25, 0.3) is 0 Å². The average Bonchev–Trinajstić information content (AvgIpc) is 2.43. The second-order valence-corrected chi connectivity index (χ2v) is 6.33. The molecule has 0 aromatic heterocycles. The molecule has 0 saturated heterocycles. The molecule has 0 unspecified atom stereocenters. The van der Waals surface area contributed by atoms with E-state index in [-0.39, 0.29) is 12.3 Å². The zero-order valence-corrected chi connectivity index (χ0v) is 13.3. The number of amides is 1. The van der Waals surface area contributed by atoms with Crippen LogP contribution in [0.15, 0.2) is 33.6 Å². The normalized spacial score (nSPS) is 11.4. The molecule has 0 bridgehead atoms. The van der Waals surface area contributed by atoms with Gasteiger partial charge in [-0.1, -0.05) is 15.9 Å². The molecule has 0 atom stereocenters. The fraction of sp³-hybridized carbons (Fsp3) is 0.462. The van der Waals surface area contributed by atoms with E-state index in [2.05, 4.69) is 21.2 Å². The van der Waals surface area contributed by atoms with E-state index in [1.54, 1.807) is 11.8 Å². The maximum absolute atomic E-state index is 12.8. The van der Waals surface area contributed by atoms with Crippen molar-refractivity contribution in [1.29, 1.82) is 0 Å². The van der Waals surface area contributed by atoms with Crippen LogP contribution in [-0.2, 0) is 4.79 Å². The Balaban J connectivity index is 2.14. The number of hydrogen-bond donors (Lipinski definition) is 2. The molecule has 0 heterocycles. The van der Waals surface area contributed by atoms with Crippen molar-refractivity contribution in [3.05, 3.63) is 28.7 Å². The summed E-state index contributed by atoms with van der Waals surface area (Å²) in [6.45, 7) is -1.45. The summed E-state index contributed by atoms with van der Waals surface area (Å²) in [6.07, 6.45) is 0.880. The zero-order chi connectivity index (χ0) is 15.0. The highest BCUT2D eigenvalue weighted by Crippen LogP contribution is 2.21. The van der Waals surface area contributed by atoms with Gasteiger partial charge in [0.15, 0.2) is 0 Å². The first-order chi connectivity index (χ1) is 9.43. The number of carbonyl (C=O) groups excluding carboxylic acids is 1. The number of benzene rings is 1.